The zero-order chi connectivity index (χ0) is 24.2. The van der Waals surface area contributed by atoms with E-state index in [4.69, 9.17) is 9.26 Å². The first-order chi connectivity index (χ1) is 15.6. The molecule has 0 spiro atoms. The first-order valence-corrected chi connectivity index (χ1v) is 12.7. The summed E-state index contributed by atoms with van der Waals surface area (Å²) in [7, 11) is -1.81. The quantitative estimate of drug-likeness (QED) is 0.589. The average molecular weight is 479 g/mol. The van der Waals surface area contributed by atoms with Gasteiger partial charge < -0.3 is 14.6 Å². The lowest BCUT2D eigenvalue weighted by Gasteiger charge is -2.26. The molecule has 33 heavy (non-hydrogen) atoms. The highest BCUT2D eigenvalue weighted by atomic mass is 32.2. The van der Waals surface area contributed by atoms with Crippen LogP contribution in [0.3, 0.4) is 0 Å². The molecular weight excluding hydrogens is 444 g/mol. The van der Waals surface area contributed by atoms with Crippen molar-refractivity contribution in [3.05, 3.63) is 35.2 Å². The number of anilines is 1. The molecule has 0 radical (unpaired) electrons. The fourth-order valence-corrected chi connectivity index (χ4v) is 5.41. The lowest BCUT2D eigenvalue weighted by Crippen LogP contribution is -2.35. The van der Waals surface area contributed by atoms with Gasteiger partial charge in [-0.2, -0.15) is 4.31 Å². The van der Waals surface area contributed by atoms with Gasteiger partial charge in [0.25, 0.3) is 0 Å². The van der Waals surface area contributed by atoms with Crippen LogP contribution in [0.4, 0.5) is 5.69 Å². The standard InChI is InChI=1S/C23H34N4O5S/c1-16(2)31-22-10-9-19(33(29,30)27-11-7-6-8-12-27)13-21(22)24-23(28)15-26(5)14-20-17(3)25-32-18(20)4/h9-10,13,16H,6-8,11-12,14-15H2,1-5H3,(H,24,28). The van der Waals surface area contributed by atoms with Crippen molar-refractivity contribution in [2.45, 2.75) is 64.5 Å². The molecular formula is C23H34N4O5S. The summed E-state index contributed by atoms with van der Waals surface area (Å²) in [5, 5.41) is 6.79. The number of hydrogen-bond donors (Lipinski definition) is 1. The number of amides is 1. The number of piperidine rings is 1. The Morgan fingerprint density at radius 2 is 1.94 bits per heavy atom. The van der Waals surface area contributed by atoms with Crippen molar-refractivity contribution in [3.63, 3.8) is 0 Å². The minimum absolute atomic E-state index is 0.105. The van der Waals surface area contributed by atoms with Gasteiger partial charge in [0.1, 0.15) is 11.5 Å². The van der Waals surface area contributed by atoms with Crippen molar-refractivity contribution in [2.24, 2.45) is 0 Å². The first kappa shape index (κ1) is 25.2. The predicted octanol–water partition coefficient (Wildman–Crippen LogP) is 3.32. The van der Waals surface area contributed by atoms with Crippen molar-refractivity contribution in [1.29, 1.82) is 0 Å². The predicted molar refractivity (Wildman–Crippen MR) is 126 cm³/mol. The second-order valence-corrected chi connectivity index (χ2v) is 10.8. The molecule has 0 unspecified atom stereocenters. The van der Waals surface area contributed by atoms with Crippen LogP contribution in [-0.4, -0.2) is 61.5 Å². The highest BCUT2D eigenvalue weighted by molar-refractivity contribution is 7.89. The van der Waals surface area contributed by atoms with Crippen LogP contribution in [0.25, 0.3) is 0 Å². The Labute approximate surface area is 196 Å². The van der Waals surface area contributed by atoms with Gasteiger partial charge in [0.2, 0.25) is 15.9 Å². The molecule has 1 N–H and O–H groups in total. The lowest BCUT2D eigenvalue weighted by atomic mass is 10.2. The number of hydrogen-bond acceptors (Lipinski definition) is 7. The van der Waals surface area contributed by atoms with Gasteiger partial charge in [0, 0.05) is 25.2 Å². The van der Waals surface area contributed by atoms with E-state index in [0.717, 1.165) is 36.3 Å². The monoisotopic (exact) mass is 478 g/mol. The number of benzene rings is 1. The second-order valence-electron chi connectivity index (χ2n) is 8.81. The Morgan fingerprint density at radius 3 is 2.55 bits per heavy atom. The second kappa shape index (κ2) is 10.7. The van der Waals surface area contributed by atoms with Gasteiger partial charge >= 0.3 is 0 Å². The number of aryl methyl sites for hydroxylation is 2. The van der Waals surface area contributed by atoms with E-state index >= 15 is 0 Å². The van der Waals surface area contributed by atoms with Crippen molar-refractivity contribution >= 4 is 21.6 Å². The van der Waals surface area contributed by atoms with Crippen LogP contribution in [-0.2, 0) is 21.4 Å². The van der Waals surface area contributed by atoms with Crippen molar-refractivity contribution in [2.75, 3.05) is 32.0 Å². The molecule has 182 valence electrons. The third kappa shape index (κ3) is 6.33. The highest BCUT2D eigenvalue weighted by Crippen LogP contribution is 2.31. The smallest absolute Gasteiger partial charge is 0.243 e. The fraction of sp³-hybridized carbons (Fsp3) is 0.565. The van der Waals surface area contributed by atoms with Gasteiger partial charge in [-0.15, -0.1) is 0 Å². The van der Waals surface area contributed by atoms with E-state index in [-0.39, 0.29) is 23.5 Å². The minimum Gasteiger partial charge on any atom is -0.489 e. The summed E-state index contributed by atoms with van der Waals surface area (Å²) < 4.78 is 38.8. The van der Waals surface area contributed by atoms with E-state index < -0.39 is 10.0 Å². The van der Waals surface area contributed by atoms with E-state index in [0.29, 0.717) is 31.1 Å². The van der Waals surface area contributed by atoms with E-state index in [2.05, 4.69) is 10.5 Å². The van der Waals surface area contributed by atoms with Crippen LogP contribution in [0, 0.1) is 13.8 Å². The van der Waals surface area contributed by atoms with Gasteiger partial charge in [-0.25, -0.2) is 8.42 Å². The van der Waals surface area contributed by atoms with Crippen molar-refractivity contribution < 1.29 is 22.5 Å². The van der Waals surface area contributed by atoms with E-state index in [1.54, 1.807) is 12.1 Å². The molecule has 2 heterocycles. The van der Waals surface area contributed by atoms with Gasteiger partial charge in [-0.05, 0) is 65.8 Å². The van der Waals surface area contributed by atoms with Crippen LogP contribution >= 0.6 is 0 Å². The summed E-state index contributed by atoms with van der Waals surface area (Å²) >= 11 is 0. The molecule has 1 aliphatic rings. The molecule has 0 saturated carbocycles. The normalized spacial score (nSPS) is 15.2. The average Bonchev–Trinajstić information content (AvgIpc) is 3.07. The van der Waals surface area contributed by atoms with Crippen LogP contribution in [0.5, 0.6) is 5.75 Å². The number of aromatic nitrogens is 1. The largest absolute Gasteiger partial charge is 0.489 e. The Balaban J connectivity index is 1.77. The minimum atomic E-state index is -3.63. The molecule has 0 bridgehead atoms. The number of sulfonamides is 1. The molecule has 1 amide bonds. The number of nitrogens with zero attached hydrogens (tertiary/aromatic N) is 3. The van der Waals surface area contributed by atoms with E-state index in [9.17, 15) is 13.2 Å². The molecule has 1 aromatic carbocycles. The number of nitrogens with one attached hydrogen (secondary N) is 1. The first-order valence-electron chi connectivity index (χ1n) is 11.3. The molecule has 0 aliphatic carbocycles. The highest BCUT2D eigenvalue weighted by Gasteiger charge is 2.27. The van der Waals surface area contributed by atoms with Gasteiger partial charge in [0.05, 0.1) is 28.9 Å². The molecule has 1 aliphatic heterocycles. The Kier molecular flexibility index (Phi) is 8.14. The molecule has 1 saturated heterocycles. The molecule has 10 heteroatoms. The third-order valence-corrected chi connectivity index (χ3v) is 7.46. The summed E-state index contributed by atoms with van der Waals surface area (Å²) in [6, 6.07) is 4.65. The van der Waals surface area contributed by atoms with Crippen molar-refractivity contribution in [3.8, 4) is 5.75 Å². The van der Waals surface area contributed by atoms with E-state index in [1.807, 2.05) is 39.6 Å². The Hall–Kier alpha value is -2.43. The molecule has 2 aromatic rings. The summed E-state index contributed by atoms with van der Waals surface area (Å²) in [5.74, 6) is 0.887. The maximum absolute atomic E-state index is 13.1. The number of likely N-dealkylation sites (N-methyl/N-ethyl adjacent to an activating group) is 1. The maximum Gasteiger partial charge on any atom is 0.243 e. The summed E-state index contributed by atoms with van der Waals surface area (Å²) in [6.07, 6.45) is 2.62. The third-order valence-electron chi connectivity index (χ3n) is 5.56. The lowest BCUT2D eigenvalue weighted by molar-refractivity contribution is -0.117. The molecule has 0 atom stereocenters. The zero-order valence-corrected chi connectivity index (χ0v) is 20.9. The van der Waals surface area contributed by atoms with E-state index in [1.165, 1.54) is 10.4 Å². The van der Waals surface area contributed by atoms with Crippen LogP contribution < -0.4 is 10.1 Å². The van der Waals surface area contributed by atoms with Crippen LogP contribution in [0.15, 0.2) is 27.6 Å². The SMILES string of the molecule is Cc1noc(C)c1CN(C)CC(=O)Nc1cc(S(=O)(=O)N2CCCCC2)ccc1OC(C)C. The van der Waals surface area contributed by atoms with Crippen LogP contribution in [0.1, 0.15) is 50.1 Å². The molecule has 9 nitrogen and oxygen atoms in total. The Morgan fingerprint density at radius 1 is 1.24 bits per heavy atom. The van der Waals surface area contributed by atoms with Gasteiger partial charge in [-0.3, -0.25) is 9.69 Å². The topological polar surface area (TPSA) is 105 Å². The van der Waals surface area contributed by atoms with Gasteiger partial charge in [0.15, 0.2) is 0 Å². The van der Waals surface area contributed by atoms with Gasteiger partial charge in [-0.1, -0.05) is 11.6 Å². The molecule has 1 aromatic heterocycles. The van der Waals surface area contributed by atoms with Crippen LogP contribution in [0.2, 0.25) is 0 Å². The zero-order valence-electron chi connectivity index (χ0n) is 20.1. The Bertz CT molecular complexity index is 1060. The number of ether oxygens (including phenoxy) is 1. The summed E-state index contributed by atoms with van der Waals surface area (Å²) in [4.78, 5) is 14.8. The van der Waals surface area contributed by atoms with Crippen molar-refractivity contribution in [1.82, 2.24) is 14.4 Å². The fourth-order valence-electron chi connectivity index (χ4n) is 3.87. The number of carbonyl (C=O) groups is 1. The molecule has 3 rings (SSSR count). The number of rotatable bonds is 9. The molecule has 1 fully saturated rings. The summed E-state index contributed by atoms with van der Waals surface area (Å²) in [5.41, 5.74) is 2.09. The maximum atomic E-state index is 13.1. The summed E-state index contributed by atoms with van der Waals surface area (Å²) in [6.45, 7) is 9.10. The number of carbonyl (C=O) groups excluding carboxylic acids is 1.